The van der Waals surface area contributed by atoms with Crippen LogP contribution in [0.25, 0.3) is 0 Å². The number of hydrogen-bond acceptors (Lipinski definition) is 5. The maximum Gasteiger partial charge on any atom is 0.238 e. The fourth-order valence-corrected chi connectivity index (χ4v) is 1.61. The van der Waals surface area contributed by atoms with Crippen molar-refractivity contribution in [2.24, 2.45) is 0 Å². The first-order chi connectivity index (χ1) is 8.15. The van der Waals surface area contributed by atoms with Crippen molar-refractivity contribution in [2.45, 2.75) is 12.8 Å². The number of halogens is 1. The van der Waals surface area contributed by atoms with E-state index in [0.717, 1.165) is 0 Å². The summed E-state index contributed by atoms with van der Waals surface area (Å²) in [7, 11) is 4.34. The van der Waals surface area contributed by atoms with Crippen LogP contribution in [0.4, 0.5) is 0 Å². The van der Waals surface area contributed by atoms with Crippen LogP contribution in [0.3, 0.4) is 0 Å². The van der Waals surface area contributed by atoms with Crippen LogP contribution >= 0.6 is 11.6 Å². The summed E-state index contributed by atoms with van der Waals surface area (Å²) in [4.78, 5) is 12.0. The normalized spacial score (nSPS) is 11.1. The summed E-state index contributed by atoms with van der Waals surface area (Å²) in [6, 6.07) is 0. The Balaban J connectivity index is 2.94. The number of ether oxygens (including phenoxy) is 3. The summed E-state index contributed by atoms with van der Waals surface area (Å²) in [5, 5.41) is 4.27. The van der Waals surface area contributed by atoms with Crippen LogP contribution in [0.5, 0.6) is 0 Å². The van der Waals surface area contributed by atoms with Gasteiger partial charge in [0.05, 0.1) is 24.4 Å². The van der Waals surface area contributed by atoms with E-state index in [2.05, 4.69) is 5.10 Å². The Morgan fingerprint density at radius 3 is 2.65 bits per heavy atom. The average molecular weight is 263 g/mol. The summed E-state index contributed by atoms with van der Waals surface area (Å²) in [5.41, 5.74) is 0.261. The first-order valence-corrected chi connectivity index (χ1v) is 5.33. The zero-order valence-electron chi connectivity index (χ0n) is 9.97. The van der Waals surface area contributed by atoms with Crippen LogP contribution in [0, 0.1) is 0 Å². The van der Waals surface area contributed by atoms with Crippen LogP contribution in [0.15, 0.2) is 6.20 Å². The van der Waals surface area contributed by atoms with E-state index < -0.39 is 6.29 Å². The van der Waals surface area contributed by atoms with Gasteiger partial charge < -0.3 is 14.2 Å². The fraction of sp³-hybridized carbons (Fsp3) is 0.600. The molecule has 0 fully saturated rings. The molecule has 0 aliphatic rings. The first kappa shape index (κ1) is 14.1. The predicted octanol–water partition coefficient (Wildman–Crippen LogP) is 0.984. The lowest BCUT2D eigenvalue weighted by Gasteiger charge is -2.13. The van der Waals surface area contributed by atoms with Gasteiger partial charge in [-0.15, -0.1) is 0 Å². The number of aromatic nitrogens is 2. The third kappa shape index (κ3) is 3.26. The number of nitrogens with zero attached hydrogens (tertiary/aromatic N) is 2. The quantitative estimate of drug-likeness (QED) is 0.542. The second-order valence-electron chi connectivity index (χ2n) is 3.22. The standard InChI is InChI=1S/C10H15ClN2O4/c1-15-5-4-13-8(7(11)6-12-13)9(14)10(16-2)17-3/h6,10H,4-5H2,1-3H3. The van der Waals surface area contributed by atoms with Gasteiger partial charge in [0.25, 0.3) is 0 Å². The molecule has 0 unspecified atom stereocenters. The molecule has 0 aliphatic heterocycles. The van der Waals surface area contributed by atoms with E-state index >= 15 is 0 Å². The minimum atomic E-state index is -0.981. The monoisotopic (exact) mass is 262 g/mol. The van der Waals surface area contributed by atoms with Gasteiger partial charge in [-0.2, -0.15) is 5.10 Å². The van der Waals surface area contributed by atoms with E-state index in [4.69, 9.17) is 25.8 Å². The zero-order valence-corrected chi connectivity index (χ0v) is 10.7. The van der Waals surface area contributed by atoms with Crippen LogP contribution in [-0.2, 0) is 20.8 Å². The van der Waals surface area contributed by atoms with Gasteiger partial charge in [-0.05, 0) is 0 Å². The van der Waals surface area contributed by atoms with Gasteiger partial charge in [0, 0.05) is 21.3 Å². The molecule has 0 aliphatic carbocycles. The van der Waals surface area contributed by atoms with Gasteiger partial charge in [0.15, 0.2) is 0 Å². The highest BCUT2D eigenvalue weighted by molar-refractivity contribution is 6.33. The number of methoxy groups -OCH3 is 3. The summed E-state index contributed by atoms with van der Waals surface area (Å²) in [5.74, 6) is -0.367. The molecular formula is C10H15ClN2O4. The van der Waals surface area contributed by atoms with Crippen molar-refractivity contribution in [1.29, 1.82) is 0 Å². The molecule has 0 radical (unpaired) electrons. The molecule has 0 saturated carbocycles. The first-order valence-electron chi connectivity index (χ1n) is 4.95. The molecule has 0 amide bonds. The molecule has 1 rings (SSSR count). The van der Waals surface area contributed by atoms with Crippen molar-refractivity contribution in [2.75, 3.05) is 27.9 Å². The topological polar surface area (TPSA) is 62.6 Å². The second kappa shape index (κ2) is 6.70. The van der Waals surface area contributed by atoms with E-state index in [-0.39, 0.29) is 16.5 Å². The van der Waals surface area contributed by atoms with Gasteiger partial charge in [0.1, 0.15) is 5.69 Å². The van der Waals surface area contributed by atoms with Gasteiger partial charge in [-0.1, -0.05) is 11.6 Å². The number of ketones is 1. The number of Topliss-reactive ketones (excluding diaryl/α,β-unsaturated/α-hetero) is 1. The van der Waals surface area contributed by atoms with E-state index in [1.807, 2.05) is 0 Å². The van der Waals surface area contributed by atoms with Crippen LogP contribution in [-0.4, -0.2) is 49.8 Å². The van der Waals surface area contributed by atoms with Crippen molar-refractivity contribution < 1.29 is 19.0 Å². The minimum absolute atomic E-state index is 0.261. The summed E-state index contributed by atoms with van der Waals surface area (Å²) in [6.45, 7) is 0.868. The van der Waals surface area contributed by atoms with Gasteiger partial charge >= 0.3 is 0 Å². The van der Waals surface area contributed by atoms with Crippen LogP contribution < -0.4 is 0 Å². The van der Waals surface area contributed by atoms with E-state index in [1.165, 1.54) is 25.1 Å². The Bertz CT molecular complexity index is 376. The van der Waals surface area contributed by atoms with E-state index in [0.29, 0.717) is 13.2 Å². The molecule has 96 valence electrons. The SMILES string of the molecule is COCCn1ncc(Cl)c1C(=O)C(OC)OC. The highest BCUT2D eigenvalue weighted by Gasteiger charge is 2.25. The summed E-state index contributed by atoms with van der Waals surface area (Å²) < 4.78 is 16.2. The molecule has 0 spiro atoms. The Hall–Kier alpha value is -0.950. The highest BCUT2D eigenvalue weighted by atomic mass is 35.5. The minimum Gasteiger partial charge on any atom is -0.383 e. The number of rotatable bonds is 7. The smallest absolute Gasteiger partial charge is 0.238 e. The van der Waals surface area contributed by atoms with Crippen molar-refractivity contribution in [1.82, 2.24) is 9.78 Å². The lowest BCUT2D eigenvalue weighted by molar-refractivity contribution is -0.0747. The molecule has 1 aromatic heterocycles. The lowest BCUT2D eigenvalue weighted by Crippen LogP contribution is -2.28. The second-order valence-corrected chi connectivity index (χ2v) is 3.63. The maximum atomic E-state index is 12.0. The van der Waals surface area contributed by atoms with Crippen LogP contribution in [0.1, 0.15) is 10.5 Å². The molecule has 0 N–H and O–H groups in total. The number of carbonyl (C=O) groups is 1. The molecule has 17 heavy (non-hydrogen) atoms. The molecule has 0 atom stereocenters. The number of carbonyl (C=O) groups excluding carboxylic acids is 1. The third-order valence-corrected chi connectivity index (χ3v) is 2.45. The Kier molecular flexibility index (Phi) is 5.57. The van der Waals surface area contributed by atoms with E-state index in [1.54, 1.807) is 7.11 Å². The fourth-order valence-electron chi connectivity index (χ4n) is 1.38. The predicted molar refractivity (Wildman–Crippen MR) is 61.2 cm³/mol. The van der Waals surface area contributed by atoms with Crippen LogP contribution in [0.2, 0.25) is 5.02 Å². The molecule has 6 nitrogen and oxygen atoms in total. The molecule has 0 saturated heterocycles. The van der Waals surface area contributed by atoms with Gasteiger partial charge in [-0.25, -0.2) is 0 Å². The molecule has 1 heterocycles. The summed E-state index contributed by atoms with van der Waals surface area (Å²) >= 11 is 5.92. The molecule has 1 aromatic rings. The molecular weight excluding hydrogens is 248 g/mol. The van der Waals surface area contributed by atoms with Crippen molar-refractivity contribution in [3.63, 3.8) is 0 Å². The van der Waals surface area contributed by atoms with Crippen molar-refractivity contribution in [3.05, 3.63) is 16.9 Å². The average Bonchev–Trinajstić information content (AvgIpc) is 2.69. The third-order valence-electron chi connectivity index (χ3n) is 2.18. The largest absolute Gasteiger partial charge is 0.383 e. The van der Waals surface area contributed by atoms with Crippen molar-refractivity contribution in [3.8, 4) is 0 Å². The van der Waals surface area contributed by atoms with Gasteiger partial charge in [-0.3, -0.25) is 9.48 Å². The Morgan fingerprint density at radius 2 is 2.12 bits per heavy atom. The highest BCUT2D eigenvalue weighted by Crippen LogP contribution is 2.18. The number of hydrogen-bond donors (Lipinski definition) is 0. The molecule has 7 heteroatoms. The maximum absolute atomic E-state index is 12.0. The zero-order chi connectivity index (χ0) is 12.8. The Labute approximate surface area is 104 Å². The Morgan fingerprint density at radius 1 is 1.47 bits per heavy atom. The van der Waals surface area contributed by atoms with Crippen molar-refractivity contribution >= 4 is 17.4 Å². The van der Waals surface area contributed by atoms with Gasteiger partial charge in [0.2, 0.25) is 12.1 Å². The molecule has 0 aromatic carbocycles. The van der Waals surface area contributed by atoms with E-state index in [9.17, 15) is 4.79 Å². The lowest BCUT2D eigenvalue weighted by atomic mass is 10.2. The molecule has 0 bridgehead atoms. The summed E-state index contributed by atoms with van der Waals surface area (Å²) in [6.07, 6.45) is 0.429.